The van der Waals surface area contributed by atoms with Gasteiger partial charge in [0.15, 0.2) is 0 Å². The molecule has 4 heteroatoms. The Morgan fingerprint density at radius 3 is 1.97 bits per heavy atom. The Balaban J connectivity index is 1.67. The maximum atomic E-state index is 6.06. The fourth-order valence-corrected chi connectivity index (χ4v) is 7.24. The number of fused-ring (bicyclic) bond motifs is 1. The fraction of sp³-hybridized carbons (Fsp3) is 0.294. The van der Waals surface area contributed by atoms with Crippen molar-refractivity contribution in [3.05, 3.63) is 123 Å². The molecule has 0 radical (unpaired) electrons. The maximum Gasteiger partial charge on any atom is 0.123 e. The van der Waals surface area contributed by atoms with Crippen LogP contribution < -0.4 is 14.2 Å². The lowest BCUT2D eigenvalue weighted by molar-refractivity contribution is 0.406. The summed E-state index contributed by atoms with van der Waals surface area (Å²) in [5.74, 6) is 4.05. The Hall–Kier alpha value is -3.37. The summed E-state index contributed by atoms with van der Waals surface area (Å²) in [6, 6.07) is 28.7. The van der Waals surface area contributed by atoms with Gasteiger partial charge in [0.2, 0.25) is 0 Å². The molecule has 0 saturated heterocycles. The van der Waals surface area contributed by atoms with Crippen LogP contribution in [0.5, 0.6) is 17.2 Å². The zero-order valence-corrected chi connectivity index (χ0v) is 23.9. The molecule has 0 amide bonds. The lowest BCUT2D eigenvalue weighted by atomic mass is 9.80. The Morgan fingerprint density at radius 1 is 0.632 bits per heavy atom. The smallest absolute Gasteiger partial charge is 0.123 e. The fourth-order valence-electron chi connectivity index (χ4n) is 5.78. The number of benzene rings is 4. The minimum Gasteiger partial charge on any atom is -0.497 e. The predicted molar refractivity (Wildman–Crippen MR) is 158 cm³/mol. The highest BCUT2D eigenvalue weighted by molar-refractivity contribution is 7.98. The summed E-state index contributed by atoms with van der Waals surface area (Å²) < 4.78 is 17.2. The summed E-state index contributed by atoms with van der Waals surface area (Å²) in [7, 11) is 5.25. The van der Waals surface area contributed by atoms with Crippen molar-refractivity contribution in [2.24, 2.45) is 0 Å². The van der Waals surface area contributed by atoms with Crippen molar-refractivity contribution in [3.63, 3.8) is 0 Å². The molecule has 3 nitrogen and oxygen atoms in total. The molecule has 0 spiro atoms. The molecule has 1 aliphatic rings. The molecule has 0 saturated carbocycles. The summed E-state index contributed by atoms with van der Waals surface area (Å²) in [6.07, 6.45) is 0. The number of rotatable bonds is 8. The summed E-state index contributed by atoms with van der Waals surface area (Å²) in [5, 5.41) is 0.264. The highest BCUT2D eigenvalue weighted by Crippen LogP contribution is 2.62. The molecule has 0 N–H and O–H groups in total. The largest absolute Gasteiger partial charge is 0.497 e. The van der Waals surface area contributed by atoms with E-state index in [1.165, 1.54) is 44.5 Å². The normalized spacial score (nSPS) is 18.2. The number of thioether (sulfide) groups is 1. The van der Waals surface area contributed by atoms with Crippen LogP contribution in [-0.2, 0) is 5.75 Å². The average molecular weight is 525 g/mol. The first-order valence-corrected chi connectivity index (χ1v) is 14.1. The first-order chi connectivity index (χ1) is 18.4. The number of hydrogen-bond donors (Lipinski definition) is 0. The molecular weight excluding hydrogens is 488 g/mol. The van der Waals surface area contributed by atoms with E-state index in [1.54, 1.807) is 21.3 Å². The molecule has 3 atom stereocenters. The van der Waals surface area contributed by atoms with Crippen LogP contribution in [0.15, 0.2) is 78.9 Å². The van der Waals surface area contributed by atoms with E-state index in [2.05, 4.69) is 87.5 Å². The van der Waals surface area contributed by atoms with E-state index in [0.29, 0.717) is 0 Å². The monoisotopic (exact) mass is 524 g/mol. The third-order valence-corrected chi connectivity index (χ3v) is 8.97. The van der Waals surface area contributed by atoms with Gasteiger partial charge in [-0.25, -0.2) is 0 Å². The van der Waals surface area contributed by atoms with Gasteiger partial charge in [-0.2, -0.15) is 0 Å². The van der Waals surface area contributed by atoms with Gasteiger partial charge in [-0.3, -0.25) is 0 Å². The predicted octanol–water partition coefficient (Wildman–Crippen LogP) is 8.54. The minimum atomic E-state index is 0.144. The molecular formula is C34H36O3S. The Morgan fingerprint density at radius 2 is 1.32 bits per heavy atom. The van der Waals surface area contributed by atoms with Crippen LogP contribution in [0.2, 0.25) is 0 Å². The van der Waals surface area contributed by atoms with Crippen molar-refractivity contribution < 1.29 is 14.2 Å². The summed E-state index contributed by atoms with van der Waals surface area (Å²) in [4.78, 5) is 0. The van der Waals surface area contributed by atoms with Crippen molar-refractivity contribution in [1.29, 1.82) is 0 Å². The molecule has 0 aromatic heterocycles. The number of ether oxygens (including phenoxy) is 3. The SMILES string of the molecule is COc1ccc(CSC2c3cc(C)cc(OC)c3[C@@H](c3cc(C)cc(OC)c3)[C@@H]2c2ccc(C)cc2)cc1. The molecule has 0 heterocycles. The number of aryl methyl sites for hydroxylation is 3. The van der Waals surface area contributed by atoms with Crippen molar-refractivity contribution >= 4 is 11.8 Å². The Kier molecular flexibility index (Phi) is 7.71. The summed E-state index contributed by atoms with van der Waals surface area (Å²) >= 11 is 2.01. The minimum absolute atomic E-state index is 0.144. The van der Waals surface area contributed by atoms with E-state index in [-0.39, 0.29) is 17.1 Å². The lowest BCUT2D eigenvalue weighted by Crippen LogP contribution is -2.12. The molecule has 0 bridgehead atoms. The van der Waals surface area contributed by atoms with Crippen LogP contribution in [0.25, 0.3) is 0 Å². The molecule has 38 heavy (non-hydrogen) atoms. The van der Waals surface area contributed by atoms with Crippen molar-refractivity contribution in [2.45, 2.75) is 43.6 Å². The second kappa shape index (κ2) is 11.2. The van der Waals surface area contributed by atoms with Gasteiger partial charge < -0.3 is 14.2 Å². The average Bonchev–Trinajstić information content (AvgIpc) is 3.25. The summed E-state index contributed by atoms with van der Waals surface area (Å²) in [5.41, 5.74) is 10.3. The van der Waals surface area contributed by atoms with Gasteiger partial charge in [-0.1, -0.05) is 54.1 Å². The van der Waals surface area contributed by atoms with Gasteiger partial charge in [-0.15, -0.1) is 11.8 Å². The van der Waals surface area contributed by atoms with Crippen LogP contribution >= 0.6 is 11.8 Å². The van der Waals surface area contributed by atoms with Gasteiger partial charge in [-0.05, 0) is 84.5 Å². The first kappa shape index (κ1) is 26.2. The second-order valence-electron chi connectivity index (χ2n) is 10.2. The molecule has 5 rings (SSSR count). The zero-order chi connectivity index (χ0) is 26.8. The quantitative estimate of drug-likeness (QED) is 0.231. The topological polar surface area (TPSA) is 27.7 Å². The van der Waals surface area contributed by atoms with Gasteiger partial charge in [0.1, 0.15) is 17.2 Å². The number of hydrogen-bond acceptors (Lipinski definition) is 4. The van der Waals surface area contributed by atoms with Crippen molar-refractivity contribution in [1.82, 2.24) is 0 Å². The van der Waals surface area contributed by atoms with E-state index in [1.807, 2.05) is 23.9 Å². The molecule has 1 aliphatic carbocycles. The van der Waals surface area contributed by atoms with Crippen molar-refractivity contribution in [3.8, 4) is 17.2 Å². The Bertz CT molecular complexity index is 1410. The van der Waals surface area contributed by atoms with Gasteiger partial charge in [0.05, 0.1) is 21.3 Å². The highest BCUT2D eigenvalue weighted by atomic mass is 32.2. The third-order valence-electron chi connectivity index (χ3n) is 7.56. The Labute approximate surface area is 231 Å². The van der Waals surface area contributed by atoms with E-state index >= 15 is 0 Å². The van der Waals surface area contributed by atoms with E-state index in [0.717, 1.165) is 23.0 Å². The number of methoxy groups -OCH3 is 3. The second-order valence-corrected chi connectivity index (χ2v) is 11.4. The lowest BCUT2D eigenvalue weighted by Gasteiger charge is -2.27. The van der Waals surface area contributed by atoms with E-state index < -0.39 is 0 Å². The maximum absolute atomic E-state index is 6.06. The van der Waals surface area contributed by atoms with Crippen LogP contribution in [-0.4, -0.2) is 21.3 Å². The highest BCUT2D eigenvalue weighted by Gasteiger charge is 2.44. The van der Waals surface area contributed by atoms with E-state index in [9.17, 15) is 0 Å². The molecule has 1 unspecified atom stereocenters. The third kappa shape index (κ3) is 5.15. The molecule has 4 aromatic rings. The molecule has 0 fully saturated rings. The molecule has 4 aromatic carbocycles. The van der Waals surface area contributed by atoms with Crippen LogP contribution in [0.4, 0.5) is 0 Å². The molecule has 0 aliphatic heterocycles. The van der Waals surface area contributed by atoms with Gasteiger partial charge in [0.25, 0.3) is 0 Å². The van der Waals surface area contributed by atoms with Crippen molar-refractivity contribution in [2.75, 3.05) is 21.3 Å². The van der Waals surface area contributed by atoms with Crippen LogP contribution in [0.3, 0.4) is 0 Å². The first-order valence-electron chi connectivity index (χ1n) is 13.1. The molecule has 196 valence electrons. The van der Waals surface area contributed by atoms with E-state index in [4.69, 9.17) is 14.2 Å². The summed E-state index contributed by atoms with van der Waals surface area (Å²) in [6.45, 7) is 6.46. The van der Waals surface area contributed by atoms with Gasteiger partial charge in [0, 0.05) is 28.4 Å². The van der Waals surface area contributed by atoms with Gasteiger partial charge >= 0.3 is 0 Å². The van der Waals surface area contributed by atoms with Crippen LogP contribution in [0, 0.1) is 20.8 Å². The van der Waals surface area contributed by atoms with Crippen LogP contribution in [0.1, 0.15) is 61.6 Å². The standard InChI is InChI=1S/C34H36O3S/c1-21-7-11-25(12-8-21)32-31(26-15-22(2)16-28(19-26)36-5)33-29(17-23(3)18-30(33)37-6)34(32)38-20-24-9-13-27(35-4)14-10-24/h7-19,31-32,34H,20H2,1-6H3/t31-,32-,34?/m0/s1. The zero-order valence-electron chi connectivity index (χ0n) is 23.1.